The van der Waals surface area contributed by atoms with E-state index in [1.165, 1.54) is 13.8 Å². The van der Waals surface area contributed by atoms with Gasteiger partial charge < -0.3 is 28.4 Å². The molecule has 0 aliphatic rings. The first kappa shape index (κ1) is 26.8. The molecule has 0 fully saturated rings. The average molecular weight is 475 g/mol. The highest BCUT2D eigenvalue weighted by atomic mass is 16.5. The van der Waals surface area contributed by atoms with E-state index < -0.39 is 0 Å². The van der Waals surface area contributed by atoms with Crippen LogP contribution in [0.5, 0.6) is 23.0 Å². The van der Waals surface area contributed by atoms with E-state index in [1.54, 1.807) is 28.4 Å². The fourth-order valence-corrected chi connectivity index (χ4v) is 3.79. The Hall–Kier alpha value is -3.42. The molecule has 2 aromatic carbocycles. The van der Waals surface area contributed by atoms with Crippen LogP contribution in [0.15, 0.2) is 36.4 Å². The molecule has 0 saturated heterocycles. The quantitative estimate of drug-likeness (QED) is 0.404. The van der Waals surface area contributed by atoms with Gasteiger partial charge in [0.2, 0.25) is 0 Å². The van der Waals surface area contributed by atoms with Gasteiger partial charge in [0.25, 0.3) is 0 Å². The number of carbonyl (C=O) groups is 2. The Bertz CT molecular complexity index is 878. The maximum Gasteiger partial charge on any atom is 0.302 e. The minimum atomic E-state index is -0.366. The van der Waals surface area contributed by atoms with Crippen molar-refractivity contribution in [2.45, 2.75) is 26.7 Å². The van der Waals surface area contributed by atoms with Gasteiger partial charge in [-0.05, 0) is 48.2 Å². The number of methoxy groups -OCH3 is 4. The fraction of sp³-hybridized carbons (Fsp3) is 0.462. The van der Waals surface area contributed by atoms with Crippen LogP contribution in [0, 0.1) is 11.8 Å². The number of ether oxygens (including phenoxy) is 6. The second-order valence-electron chi connectivity index (χ2n) is 7.91. The lowest BCUT2D eigenvalue weighted by atomic mass is 9.83. The van der Waals surface area contributed by atoms with Gasteiger partial charge in [0.05, 0.1) is 41.7 Å². The summed E-state index contributed by atoms with van der Waals surface area (Å²) in [6, 6.07) is 11.4. The molecule has 2 aromatic rings. The van der Waals surface area contributed by atoms with Crippen LogP contribution in [-0.2, 0) is 31.9 Å². The monoisotopic (exact) mass is 474 g/mol. The Morgan fingerprint density at radius 3 is 1.26 bits per heavy atom. The summed E-state index contributed by atoms with van der Waals surface area (Å²) >= 11 is 0. The van der Waals surface area contributed by atoms with Gasteiger partial charge in [-0.1, -0.05) is 12.1 Å². The van der Waals surface area contributed by atoms with Crippen molar-refractivity contribution in [2.24, 2.45) is 11.8 Å². The molecule has 0 saturated carbocycles. The first-order chi connectivity index (χ1) is 16.3. The molecule has 0 aliphatic heterocycles. The van der Waals surface area contributed by atoms with Crippen molar-refractivity contribution in [3.8, 4) is 23.0 Å². The first-order valence-corrected chi connectivity index (χ1v) is 11.0. The van der Waals surface area contributed by atoms with Gasteiger partial charge in [-0.2, -0.15) is 0 Å². The topological polar surface area (TPSA) is 89.5 Å². The van der Waals surface area contributed by atoms with E-state index in [2.05, 4.69) is 0 Å². The Kier molecular flexibility index (Phi) is 10.5. The zero-order valence-electron chi connectivity index (χ0n) is 20.7. The van der Waals surface area contributed by atoms with E-state index in [0.717, 1.165) is 11.1 Å². The molecule has 8 heteroatoms. The number of hydrogen-bond donors (Lipinski definition) is 0. The Morgan fingerprint density at radius 1 is 0.618 bits per heavy atom. The van der Waals surface area contributed by atoms with Crippen molar-refractivity contribution in [1.29, 1.82) is 0 Å². The zero-order valence-corrected chi connectivity index (χ0v) is 20.7. The lowest BCUT2D eigenvalue weighted by molar-refractivity contribution is -0.147. The first-order valence-electron chi connectivity index (χ1n) is 11.0. The average Bonchev–Trinajstić information content (AvgIpc) is 2.83. The fourth-order valence-electron chi connectivity index (χ4n) is 3.79. The summed E-state index contributed by atoms with van der Waals surface area (Å²) < 4.78 is 32.3. The highest BCUT2D eigenvalue weighted by Crippen LogP contribution is 2.32. The Labute approximate surface area is 201 Å². The third-order valence-corrected chi connectivity index (χ3v) is 5.56. The molecule has 0 aromatic heterocycles. The summed E-state index contributed by atoms with van der Waals surface area (Å²) in [5.74, 6) is 1.49. The third-order valence-electron chi connectivity index (χ3n) is 5.56. The maximum atomic E-state index is 11.6. The van der Waals surface area contributed by atoms with E-state index in [9.17, 15) is 9.59 Å². The number of carbonyl (C=O) groups excluding carboxylic acids is 2. The minimum absolute atomic E-state index is 0.130. The highest BCUT2D eigenvalue weighted by molar-refractivity contribution is 5.66. The normalized spacial score (nSPS) is 12.3. The molecule has 0 heterocycles. The van der Waals surface area contributed by atoms with Crippen LogP contribution < -0.4 is 18.9 Å². The summed E-state index contributed by atoms with van der Waals surface area (Å²) in [6.45, 7) is 3.12. The second kappa shape index (κ2) is 13.3. The molecule has 0 amide bonds. The predicted molar refractivity (Wildman–Crippen MR) is 127 cm³/mol. The predicted octanol–water partition coefficient (Wildman–Crippen LogP) is 3.86. The van der Waals surface area contributed by atoms with E-state index in [-0.39, 0.29) is 37.0 Å². The van der Waals surface area contributed by atoms with Crippen LogP contribution in [0.2, 0.25) is 0 Å². The Morgan fingerprint density at radius 2 is 0.971 bits per heavy atom. The lowest BCUT2D eigenvalue weighted by Crippen LogP contribution is -2.29. The second-order valence-corrected chi connectivity index (χ2v) is 7.91. The third kappa shape index (κ3) is 7.86. The minimum Gasteiger partial charge on any atom is -0.493 e. The molecule has 0 N–H and O–H groups in total. The molecular formula is C26H34O8. The van der Waals surface area contributed by atoms with Crippen molar-refractivity contribution in [2.75, 3.05) is 41.7 Å². The van der Waals surface area contributed by atoms with Crippen LogP contribution in [0.1, 0.15) is 25.0 Å². The van der Waals surface area contributed by atoms with Gasteiger partial charge in [-0.3, -0.25) is 9.59 Å². The van der Waals surface area contributed by atoms with Gasteiger partial charge in [0.15, 0.2) is 23.0 Å². The van der Waals surface area contributed by atoms with Crippen molar-refractivity contribution >= 4 is 11.9 Å². The van der Waals surface area contributed by atoms with E-state index in [4.69, 9.17) is 28.4 Å². The van der Waals surface area contributed by atoms with Crippen LogP contribution in [0.3, 0.4) is 0 Å². The summed E-state index contributed by atoms with van der Waals surface area (Å²) in [5, 5.41) is 0. The van der Waals surface area contributed by atoms with Gasteiger partial charge >= 0.3 is 11.9 Å². The largest absolute Gasteiger partial charge is 0.493 e. The maximum absolute atomic E-state index is 11.6. The lowest BCUT2D eigenvalue weighted by Gasteiger charge is -2.27. The summed E-state index contributed by atoms with van der Waals surface area (Å²) in [7, 11) is 6.33. The molecule has 0 spiro atoms. The smallest absolute Gasteiger partial charge is 0.302 e. The van der Waals surface area contributed by atoms with E-state index >= 15 is 0 Å². The number of benzene rings is 2. The summed E-state index contributed by atoms with van der Waals surface area (Å²) in [6.07, 6.45) is 1.15. The molecular weight excluding hydrogens is 440 g/mol. The number of rotatable bonds is 13. The Balaban J connectivity index is 2.37. The molecule has 0 aliphatic carbocycles. The van der Waals surface area contributed by atoms with Crippen molar-refractivity contribution in [1.82, 2.24) is 0 Å². The van der Waals surface area contributed by atoms with Gasteiger partial charge in [-0.25, -0.2) is 0 Å². The molecule has 186 valence electrons. The highest BCUT2D eigenvalue weighted by Gasteiger charge is 2.26. The van der Waals surface area contributed by atoms with Crippen molar-refractivity contribution in [3.05, 3.63) is 47.5 Å². The van der Waals surface area contributed by atoms with Gasteiger partial charge in [-0.15, -0.1) is 0 Å². The number of hydrogen-bond acceptors (Lipinski definition) is 8. The summed E-state index contributed by atoms with van der Waals surface area (Å²) in [4.78, 5) is 23.2. The van der Waals surface area contributed by atoms with Crippen LogP contribution >= 0.6 is 0 Å². The van der Waals surface area contributed by atoms with Crippen LogP contribution in [-0.4, -0.2) is 53.6 Å². The van der Waals surface area contributed by atoms with Crippen LogP contribution in [0.4, 0.5) is 0 Å². The zero-order chi connectivity index (χ0) is 25.1. The van der Waals surface area contributed by atoms with Gasteiger partial charge in [0.1, 0.15) is 0 Å². The molecule has 2 unspecified atom stereocenters. The van der Waals surface area contributed by atoms with E-state index in [0.29, 0.717) is 35.8 Å². The molecule has 34 heavy (non-hydrogen) atoms. The van der Waals surface area contributed by atoms with Crippen molar-refractivity contribution < 1.29 is 38.0 Å². The molecule has 0 bridgehead atoms. The number of esters is 2. The molecule has 2 atom stereocenters. The molecule has 2 rings (SSSR count). The van der Waals surface area contributed by atoms with E-state index in [1.807, 2.05) is 36.4 Å². The van der Waals surface area contributed by atoms with Crippen molar-refractivity contribution in [3.63, 3.8) is 0 Å². The standard InChI is InChI=1S/C26H34O8/c1-17(27)33-15-21(11-19-7-9-23(29-3)25(13-19)31-5)22(16-34-18(2)28)12-20-8-10-24(30-4)26(14-20)32-6/h7-10,13-14,21-22H,11-12,15-16H2,1-6H3. The van der Waals surface area contributed by atoms with Crippen LogP contribution in [0.25, 0.3) is 0 Å². The molecule has 8 nitrogen and oxygen atoms in total. The SMILES string of the molecule is COc1ccc(CC(COC(C)=O)C(COC(C)=O)Cc2ccc(OC)c(OC)c2)cc1OC. The summed E-state index contributed by atoms with van der Waals surface area (Å²) in [5.41, 5.74) is 1.96. The molecule has 0 radical (unpaired) electrons. The van der Waals surface area contributed by atoms with Gasteiger partial charge in [0, 0.05) is 25.7 Å².